The zero-order chi connectivity index (χ0) is 17.4. The van der Waals surface area contributed by atoms with E-state index in [0.717, 1.165) is 11.3 Å². The zero-order valence-corrected chi connectivity index (χ0v) is 13.8. The summed E-state index contributed by atoms with van der Waals surface area (Å²) in [7, 11) is 1.64. The minimum Gasteiger partial charge on any atom is -0.489 e. The first-order valence-corrected chi connectivity index (χ1v) is 7.64. The van der Waals surface area contributed by atoms with Crippen LogP contribution in [-0.4, -0.2) is 25.7 Å². The van der Waals surface area contributed by atoms with E-state index in [2.05, 4.69) is 10.3 Å². The smallest absolute Gasteiger partial charge is 0.193 e. The normalized spacial score (nSPS) is 12.7. The Labute approximate surface area is 141 Å². The molecule has 0 aliphatic carbocycles. The first-order valence-electron chi connectivity index (χ1n) is 7.64. The first kappa shape index (κ1) is 17.7. The molecule has 0 spiro atoms. The number of aliphatic imine (C=N–C) groups is 1. The standard InChI is InChI=1S/C18H22FN3O2/c1-13(24-16-9-7-15(19)8-10-16)11-21-18(20)22-17-6-4-3-5-14(17)12-23-2/h3-10,13H,11-12H2,1-2H3,(H3,20,21,22). The van der Waals surface area contributed by atoms with Crippen LogP contribution in [-0.2, 0) is 11.3 Å². The molecule has 3 N–H and O–H groups in total. The minimum atomic E-state index is -0.295. The van der Waals surface area contributed by atoms with Crippen molar-refractivity contribution in [3.63, 3.8) is 0 Å². The van der Waals surface area contributed by atoms with E-state index in [1.165, 1.54) is 12.1 Å². The number of nitrogens with zero attached hydrogens (tertiary/aromatic N) is 1. The van der Waals surface area contributed by atoms with E-state index >= 15 is 0 Å². The molecule has 0 aliphatic rings. The molecule has 0 radical (unpaired) electrons. The van der Waals surface area contributed by atoms with Crippen LogP contribution in [0, 0.1) is 5.82 Å². The van der Waals surface area contributed by atoms with E-state index in [0.29, 0.717) is 24.9 Å². The van der Waals surface area contributed by atoms with Crippen molar-refractivity contribution in [2.75, 3.05) is 19.0 Å². The number of nitrogens with one attached hydrogen (secondary N) is 1. The topological polar surface area (TPSA) is 68.9 Å². The zero-order valence-electron chi connectivity index (χ0n) is 13.8. The number of ether oxygens (including phenoxy) is 2. The van der Waals surface area contributed by atoms with Crippen LogP contribution < -0.4 is 15.8 Å². The van der Waals surface area contributed by atoms with Crippen LogP contribution in [0.2, 0.25) is 0 Å². The van der Waals surface area contributed by atoms with Crippen molar-refractivity contribution in [3.05, 3.63) is 59.9 Å². The summed E-state index contributed by atoms with van der Waals surface area (Å²) in [5.41, 5.74) is 7.77. The molecule has 0 fully saturated rings. The maximum absolute atomic E-state index is 12.9. The van der Waals surface area contributed by atoms with Gasteiger partial charge in [-0.1, -0.05) is 18.2 Å². The molecule has 0 aromatic heterocycles. The molecule has 2 rings (SSSR count). The highest BCUT2D eigenvalue weighted by atomic mass is 19.1. The Balaban J connectivity index is 1.90. The number of rotatable bonds is 7. The second kappa shape index (κ2) is 8.88. The van der Waals surface area contributed by atoms with Gasteiger partial charge in [0.1, 0.15) is 17.7 Å². The average Bonchev–Trinajstić information content (AvgIpc) is 2.57. The Morgan fingerprint density at radius 3 is 2.62 bits per heavy atom. The van der Waals surface area contributed by atoms with Crippen molar-refractivity contribution in [1.82, 2.24) is 0 Å². The van der Waals surface area contributed by atoms with Crippen LogP contribution in [0.5, 0.6) is 5.75 Å². The molecule has 128 valence electrons. The molecular weight excluding hydrogens is 309 g/mol. The number of halogens is 1. The van der Waals surface area contributed by atoms with Gasteiger partial charge in [0.15, 0.2) is 5.96 Å². The van der Waals surface area contributed by atoms with Crippen molar-refractivity contribution in [2.45, 2.75) is 19.6 Å². The third-order valence-electron chi connectivity index (χ3n) is 3.25. The molecule has 0 amide bonds. The number of hydrogen-bond donors (Lipinski definition) is 2. The number of anilines is 1. The molecule has 0 bridgehead atoms. The lowest BCUT2D eigenvalue weighted by Crippen LogP contribution is -2.26. The number of para-hydroxylation sites is 1. The lowest BCUT2D eigenvalue weighted by atomic mass is 10.2. The quantitative estimate of drug-likeness (QED) is 0.604. The predicted octanol–water partition coefficient (Wildman–Crippen LogP) is 3.17. The van der Waals surface area contributed by atoms with Crippen LogP contribution in [0.1, 0.15) is 12.5 Å². The summed E-state index contributed by atoms with van der Waals surface area (Å²) in [4.78, 5) is 4.28. The van der Waals surface area contributed by atoms with E-state index in [9.17, 15) is 4.39 Å². The number of nitrogens with two attached hydrogens (primary N) is 1. The average molecular weight is 331 g/mol. The van der Waals surface area contributed by atoms with Gasteiger partial charge in [-0.25, -0.2) is 9.38 Å². The molecule has 0 aliphatic heterocycles. The van der Waals surface area contributed by atoms with Gasteiger partial charge in [0.05, 0.1) is 13.2 Å². The fourth-order valence-corrected chi connectivity index (χ4v) is 2.11. The number of methoxy groups -OCH3 is 1. The van der Waals surface area contributed by atoms with Crippen molar-refractivity contribution in [3.8, 4) is 5.75 Å². The minimum absolute atomic E-state index is 0.190. The Kier molecular flexibility index (Phi) is 6.57. The highest BCUT2D eigenvalue weighted by Crippen LogP contribution is 2.16. The summed E-state index contributed by atoms with van der Waals surface area (Å²) in [6, 6.07) is 13.6. The van der Waals surface area contributed by atoms with E-state index in [-0.39, 0.29) is 11.9 Å². The Bertz CT molecular complexity index is 674. The van der Waals surface area contributed by atoms with Crippen LogP contribution >= 0.6 is 0 Å². The van der Waals surface area contributed by atoms with Gasteiger partial charge in [0.25, 0.3) is 0 Å². The van der Waals surface area contributed by atoms with Gasteiger partial charge < -0.3 is 20.5 Å². The van der Waals surface area contributed by atoms with E-state index < -0.39 is 0 Å². The summed E-state index contributed by atoms with van der Waals surface area (Å²) in [6.07, 6.45) is -0.190. The molecule has 2 aromatic rings. The Morgan fingerprint density at radius 1 is 1.21 bits per heavy atom. The molecule has 0 heterocycles. The molecule has 1 unspecified atom stereocenters. The second-order valence-corrected chi connectivity index (χ2v) is 5.32. The van der Waals surface area contributed by atoms with Crippen molar-refractivity contribution in [1.29, 1.82) is 0 Å². The summed E-state index contributed by atoms with van der Waals surface area (Å²) < 4.78 is 23.7. The third kappa shape index (κ3) is 5.55. The van der Waals surface area contributed by atoms with Gasteiger partial charge in [-0.2, -0.15) is 0 Å². The SMILES string of the molecule is COCc1ccccc1NC(N)=NCC(C)Oc1ccc(F)cc1. The summed E-state index contributed by atoms with van der Waals surface area (Å²) in [6.45, 7) is 2.74. The van der Waals surface area contributed by atoms with Crippen molar-refractivity contribution >= 4 is 11.6 Å². The van der Waals surface area contributed by atoms with Crippen LogP contribution in [0.25, 0.3) is 0 Å². The third-order valence-corrected chi connectivity index (χ3v) is 3.25. The van der Waals surface area contributed by atoms with E-state index in [1.807, 2.05) is 31.2 Å². The molecule has 6 heteroatoms. The van der Waals surface area contributed by atoms with Gasteiger partial charge >= 0.3 is 0 Å². The maximum Gasteiger partial charge on any atom is 0.193 e. The van der Waals surface area contributed by atoms with Crippen molar-refractivity contribution < 1.29 is 13.9 Å². The van der Waals surface area contributed by atoms with Gasteiger partial charge in [0, 0.05) is 18.4 Å². The molecule has 0 saturated heterocycles. The second-order valence-electron chi connectivity index (χ2n) is 5.32. The first-order chi connectivity index (χ1) is 11.6. The molecular formula is C18H22FN3O2. The maximum atomic E-state index is 12.9. The largest absolute Gasteiger partial charge is 0.489 e. The number of hydrogen-bond acceptors (Lipinski definition) is 3. The number of benzene rings is 2. The molecule has 24 heavy (non-hydrogen) atoms. The monoisotopic (exact) mass is 331 g/mol. The predicted molar refractivity (Wildman–Crippen MR) is 93.8 cm³/mol. The highest BCUT2D eigenvalue weighted by Gasteiger charge is 2.06. The lowest BCUT2D eigenvalue weighted by Gasteiger charge is -2.14. The Hall–Kier alpha value is -2.60. The molecule has 2 aromatic carbocycles. The fraction of sp³-hybridized carbons (Fsp3) is 0.278. The molecule has 0 saturated carbocycles. The van der Waals surface area contributed by atoms with Crippen LogP contribution in [0.4, 0.5) is 10.1 Å². The van der Waals surface area contributed by atoms with Crippen molar-refractivity contribution in [2.24, 2.45) is 10.7 Å². The Morgan fingerprint density at radius 2 is 1.92 bits per heavy atom. The van der Waals surface area contributed by atoms with E-state index in [1.54, 1.807) is 19.2 Å². The van der Waals surface area contributed by atoms with Gasteiger partial charge in [-0.15, -0.1) is 0 Å². The lowest BCUT2D eigenvalue weighted by molar-refractivity contribution is 0.185. The molecule has 5 nitrogen and oxygen atoms in total. The van der Waals surface area contributed by atoms with E-state index in [4.69, 9.17) is 15.2 Å². The van der Waals surface area contributed by atoms with Crippen LogP contribution in [0.15, 0.2) is 53.5 Å². The van der Waals surface area contributed by atoms with Crippen LogP contribution in [0.3, 0.4) is 0 Å². The fourth-order valence-electron chi connectivity index (χ4n) is 2.11. The number of guanidine groups is 1. The van der Waals surface area contributed by atoms with Gasteiger partial charge in [-0.3, -0.25) is 0 Å². The molecule has 1 atom stereocenters. The summed E-state index contributed by atoms with van der Waals surface area (Å²) in [5, 5.41) is 3.06. The summed E-state index contributed by atoms with van der Waals surface area (Å²) >= 11 is 0. The van der Waals surface area contributed by atoms with Gasteiger partial charge in [0.2, 0.25) is 0 Å². The highest BCUT2D eigenvalue weighted by molar-refractivity contribution is 5.92. The summed E-state index contributed by atoms with van der Waals surface area (Å²) in [5.74, 6) is 0.598. The van der Waals surface area contributed by atoms with Gasteiger partial charge in [-0.05, 0) is 37.3 Å².